The number of aryl methyl sites for hydroxylation is 2. The fraction of sp³-hybridized carbons (Fsp3) is 0.514. The molecule has 0 saturated carbocycles. The standard InChI is InChI=1S/C37H45F4N3O3/c1-22-30(32(44-16-13-36(6,7)14-17-44)31(23(2)42-22)33(34(45)46)47-35(3,4)5)26-9-10-27-21-43(15-12-25(27)19-26)20-24-8-11-29(38)28(18-24)37(39,40)41/h8-11,18-19,33H,12-17,20-21H2,1-7H3,(H,45,46)/t33-/m0/s1. The molecule has 2 aliphatic heterocycles. The van der Waals surface area contributed by atoms with Crippen LogP contribution in [0.25, 0.3) is 11.1 Å². The summed E-state index contributed by atoms with van der Waals surface area (Å²) < 4.78 is 59.9. The number of piperidine rings is 1. The summed E-state index contributed by atoms with van der Waals surface area (Å²) >= 11 is 0. The van der Waals surface area contributed by atoms with Gasteiger partial charge < -0.3 is 14.7 Å². The number of rotatable bonds is 7. The van der Waals surface area contributed by atoms with Crippen LogP contribution in [-0.4, -0.2) is 46.2 Å². The van der Waals surface area contributed by atoms with Gasteiger partial charge >= 0.3 is 12.1 Å². The molecule has 1 fully saturated rings. The van der Waals surface area contributed by atoms with Crippen LogP contribution in [0.15, 0.2) is 36.4 Å². The first kappa shape index (κ1) is 34.8. The van der Waals surface area contributed by atoms with E-state index in [4.69, 9.17) is 9.72 Å². The molecule has 10 heteroatoms. The van der Waals surface area contributed by atoms with Gasteiger partial charge in [0.2, 0.25) is 0 Å². The molecule has 2 aromatic carbocycles. The van der Waals surface area contributed by atoms with Crippen LogP contribution in [0.2, 0.25) is 0 Å². The van der Waals surface area contributed by atoms with Crippen molar-refractivity contribution >= 4 is 11.7 Å². The summed E-state index contributed by atoms with van der Waals surface area (Å²) in [6, 6.07) is 9.42. The van der Waals surface area contributed by atoms with Gasteiger partial charge in [-0.1, -0.05) is 38.1 Å². The molecule has 2 aliphatic rings. The Morgan fingerprint density at radius 2 is 1.68 bits per heavy atom. The van der Waals surface area contributed by atoms with Crippen molar-refractivity contribution in [3.63, 3.8) is 0 Å². The first-order valence-corrected chi connectivity index (χ1v) is 16.2. The van der Waals surface area contributed by atoms with Crippen LogP contribution in [0.5, 0.6) is 0 Å². The first-order chi connectivity index (χ1) is 21.8. The molecule has 3 heterocycles. The van der Waals surface area contributed by atoms with E-state index in [9.17, 15) is 27.5 Å². The number of halogens is 4. The molecule has 0 radical (unpaired) electrons. The number of pyridine rings is 1. The van der Waals surface area contributed by atoms with Crippen LogP contribution >= 0.6 is 0 Å². The van der Waals surface area contributed by atoms with Gasteiger partial charge in [0.1, 0.15) is 5.82 Å². The lowest BCUT2D eigenvalue weighted by atomic mass is 9.81. The molecule has 0 aliphatic carbocycles. The van der Waals surface area contributed by atoms with Crippen LogP contribution in [0.4, 0.5) is 23.2 Å². The highest BCUT2D eigenvalue weighted by Gasteiger charge is 2.37. The summed E-state index contributed by atoms with van der Waals surface area (Å²) in [5, 5.41) is 10.5. The molecule has 1 atom stereocenters. The van der Waals surface area contributed by atoms with E-state index in [1.54, 1.807) is 0 Å². The number of carboxylic acids is 1. The van der Waals surface area contributed by atoms with Crippen molar-refractivity contribution in [2.45, 2.75) is 98.7 Å². The van der Waals surface area contributed by atoms with E-state index in [1.807, 2.05) is 46.8 Å². The van der Waals surface area contributed by atoms with Crippen molar-refractivity contribution in [1.82, 2.24) is 9.88 Å². The molecule has 254 valence electrons. The Labute approximate surface area is 274 Å². The highest BCUT2D eigenvalue weighted by atomic mass is 19.4. The highest BCUT2D eigenvalue weighted by molar-refractivity contribution is 5.88. The van der Waals surface area contributed by atoms with Crippen LogP contribution in [-0.2, 0) is 35.2 Å². The number of hydrogen-bond donors (Lipinski definition) is 1. The number of nitrogens with zero attached hydrogens (tertiary/aromatic N) is 3. The second-order valence-corrected chi connectivity index (χ2v) is 14.8. The van der Waals surface area contributed by atoms with Gasteiger partial charge in [0, 0.05) is 55.2 Å². The molecule has 6 nitrogen and oxygen atoms in total. The first-order valence-electron chi connectivity index (χ1n) is 16.2. The Morgan fingerprint density at radius 3 is 2.30 bits per heavy atom. The number of aromatic nitrogens is 1. The third kappa shape index (κ3) is 7.81. The number of benzene rings is 2. The second-order valence-electron chi connectivity index (χ2n) is 14.8. The summed E-state index contributed by atoms with van der Waals surface area (Å²) in [7, 11) is 0. The van der Waals surface area contributed by atoms with Crippen molar-refractivity contribution in [2.75, 3.05) is 24.5 Å². The minimum Gasteiger partial charge on any atom is -0.479 e. The van der Waals surface area contributed by atoms with Crippen LogP contribution in [0.1, 0.15) is 92.8 Å². The predicted molar refractivity (Wildman–Crippen MR) is 175 cm³/mol. The molecule has 3 aromatic rings. The quantitative estimate of drug-likeness (QED) is 0.257. The van der Waals surface area contributed by atoms with Crippen molar-refractivity contribution in [1.29, 1.82) is 0 Å². The summed E-state index contributed by atoms with van der Waals surface area (Å²) in [6.45, 7) is 16.9. The Balaban J connectivity index is 1.53. The fourth-order valence-corrected chi connectivity index (χ4v) is 6.80. The van der Waals surface area contributed by atoms with Gasteiger partial charge in [-0.2, -0.15) is 13.2 Å². The third-order valence-corrected chi connectivity index (χ3v) is 9.30. The highest BCUT2D eigenvalue weighted by Crippen LogP contribution is 2.45. The molecule has 0 unspecified atom stereocenters. The number of anilines is 1. The second kappa shape index (κ2) is 12.8. The van der Waals surface area contributed by atoms with E-state index >= 15 is 0 Å². The van der Waals surface area contributed by atoms with Crippen molar-refractivity contribution in [3.8, 4) is 11.1 Å². The van der Waals surface area contributed by atoms with Gasteiger partial charge in [0.25, 0.3) is 0 Å². The molecular formula is C37H45F4N3O3. The van der Waals surface area contributed by atoms with Crippen molar-refractivity contribution in [3.05, 3.63) is 81.4 Å². The van der Waals surface area contributed by atoms with Crippen LogP contribution in [0, 0.1) is 25.1 Å². The Kier molecular flexibility index (Phi) is 9.51. The molecule has 5 rings (SSSR count). The van der Waals surface area contributed by atoms with Gasteiger partial charge in [-0.3, -0.25) is 9.88 Å². The molecular weight excluding hydrogens is 610 g/mol. The number of alkyl halides is 3. The van der Waals surface area contributed by atoms with Gasteiger partial charge in [-0.15, -0.1) is 0 Å². The molecule has 1 saturated heterocycles. The van der Waals surface area contributed by atoms with Crippen molar-refractivity contribution in [2.24, 2.45) is 5.41 Å². The smallest absolute Gasteiger partial charge is 0.419 e. The lowest BCUT2D eigenvalue weighted by molar-refractivity contribution is -0.160. The van der Waals surface area contributed by atoms with Gasteiger partial charge in [-0.25, -0.2) is 9.18 Å². The zero-order chi connectivity index (χ0) is 34.5. The summed E-state index contributed by atoms with van der Waals surface area (Å²) in [5.41, 5.74) is 5.54. The zero-order valence-electron chi connectivity index (χ0n) is 28.3. The Hall–Kier alpha value is -3.50. The maximum Gasteiger partial charge on any atom is 0.419 e. The van der Waals surface area contributed by atoms with Crippen LogP contribution in [0.3, 0.4) is 0 Å². The summed E-state index contributed by atoms with van der Waals surface area (Å²) in [5.74, 6) is -2.33. The average Bonchev–Trinajstić information content (AvgIpc) is 2.95. The van der Waals surface area contributed by atoms with Gasteiger partial charge in [0.15, 0.2) is 6.10 Å². The minimum atomic E-state index is -4.75. The molecule has 47 heavy (non-hydrogen) atoms. The normalized spacial score (nSPS) is 17.8. The van der Waals surface area contributed by atoms with Crippen LogP contribution < -0.4 is 4.90 Å². The zero-order valence-corrected chi connectivity index (χ0v) is 28.3. The summed E-state index contributed by atoms with van der Waals surface area (Å²) in [6.07, 6.45) is -3.35. The molecule has 1 aromatic heterocycles. The molecule has 0 bridgehead atoms. The van der Waals surface area contributed by atoms with E-state index in [0.29, 0.717) is 36.3 Å². The van der Waals surface area contributed by atoms with E-state index in [-0.39, 0.29) is 12.0 Å². The fourth-order valence-electron chi connectivity index (χ4n) is 6.80. The number of aliphatic carboxylic acids is 1. The predicted octanol–water partition coefficient (Wildman–Crippen LogP) is 8.65. The minimum absolute atomic E-state index is 0.183. The largest absolute Gasteiger partial charge is 0.479 e. The number of fused-ring (bicyclic) bond motifs is 1. The molecule has 0 spiro atoms. The Bertz CT molecular complexity index is 1650. The maximum absolute atomic E-state index is 13.9. The average molecular weight is 656 g/mol. The van der Waals surface area contributed by atoms with E-state index in [1.165, 1.54) is 6.07 Å². The number of carbonyl (C=O) groups is 1. The van der Waals surface area contributed by atoms with Gasteiger partial charge in [-0.05, 0) is 93.7 Å². The number of ether oxygens (including phenoxy) is 1. The number of carboxylic acid groups (broad SMARTS) is 1. The topological polar surface area (TPSA) is 65.9 Å². The monoisotopic (exact) mass is 655 g/mol. The Morgan fingerprint density at radius 1 is 1.00 bits per heavy atom. The third-order valence-electron chi connectivity index (χ3n) is 9.30. The van der Waals surface area contributed by atoms with E-state index < -0.39 is 35.2 Å². The lowest BCUT2D eigenvalue weighted by Crippen LogP contribution is -2.39. The lowest BCUT2D eigenvalue weighted by Gasteiger charge is -2.41. The maximum atomic E-state index is 13.9. The molecule has 0 amide bonds. The summed E-state index contributed by atoms with van der Waals surface area (Å²) in [4.78, 5) is 22.0. The SMILES string of the molecule is Cc1nc(C)c([C@H](OC(C)(C)C)C(=O)O)c(N2CCC(C)(C)CC2)c1-c1ccc2c(c1)CCN(Cc1ccc(F)c(C(F)(F)F)c1)C2. The van der Waals surface area contributed by atoms with Crippen molar-refractivity contribution < 1.29 is 32.2 Å². The molecule has 1 N–H and O–H groups in total. The van der Waals surface area contributed by atoms with E-state index in [0.717, 1.165) is 71.7 Å². The van der Waals surface area contributed by atoms with Gasteiger partial charge in [0.05, 0.1) is 16.9 Å². The number of hydrogen-bond acceptors (Lipinski definition) is 5. The van der Waals surface area contributed by atoms with E-state index in [2.05, 4.69) is 29.7 Å².